The number of nitrogens with one attached hydrogen (secondary N) is 1. The molecule has 0 aliphatic carbocycles. The van der Waals surface area contributed by atoms with Gasteiger partial charge in [-0.25, -0.2) is 9.18 Å². The highest BCUT2D eigenvalue weighted by Gasteiger charge is 2.25. The Morgan fingerprint density at radius 3 is 2.77 bits per heavy atom. The van der Waals surface area contributed by atoms with E-state index in [0.717, 1.165) is 23.8 Å². The molecule has 156 valence electrons. The third kappa shape index (κ3) is 3.68. The van der Waals surface area contributed by atoms with Crippen LogP contribution in [0.5, 0.6) is 0 Å². The minimum absolute atomic E-state index is 0.0283. The highest BCUT2D eigenvalue weighted by molar-refractivity contribution is 5.90. The zero-order chi connectivity index (χ0) is 21.3. The lowest BCUT2D eigenvalue weighted by Gasteiger charge is -2.16. The van der Waals surface area contributed by atoms with Crippen LogP contribution in [0.3, 0.4) is 0 Å². The van der Waals surface area contributed by atoms with Crippen molar-refractivity contribution in [2.45, 2.75) is 45.7 Å². The van der Waals surface area contributed by atoms with Gasteiger partial charge in [-0.3, -0.25) is 18.7 Å². The summed E-state index contributed by atoms with van der Waals surface area (Å²) < 4.78 is 21.2. The first-order valence-corrected chi connectivity index (χ1v) is 9.67. The molecule has 9 nitrogen and oxygen atoms in total. The second-order valence-corrected chi connectivity index (χ2v) is 7.12. The highest BCUT2D eigenvalue weighted by Crippen LogP contribution is 2.21. The molecule has 4 rings (SSSR count). The fraction of sp³-hybridized carbons (Fsp3) is 0.350. The van der Waals surface area contributed by atoms with Gasteiger partial charge >= 0.3 is 5.69 Å². The van der Waals surface area contributed by atoms with E-state index in [-0.39, 0.29) is 23.0 Å². The third-order valence-corrected chi connectivity index (χ3v) is 5.03. The molecule has 0 bridgehead atoms. The van der Waals surface area contributed by atoms with E-state index in [2.05, 4.69) is 15.5 Å². The number of halogens is 1. The molecule has 1 aliphatic rings. The molecule has 0 spiro atoms. The number of rotatable bonds is 4. The second kappa shape index (κ2) is 8.05. The first-order chi connectivity index (χ1) is 14.5. The summed E-state index contributed by atoms with van der Waals surface area (Å²) in [5.41, 5.74) is -0.567. The summed E-state index contributed by atoms with van der Waals surface area (Å²) in [6, 6.07) is 5.66. The second-order valence-electron chi connectivity index (χ2n) is 7.12. The number of aromatic nitrogens is 4. The summed E-state index contributed by atoms with van der Waals surface area (Å²) in [4.78, 5) is 42.9. The van der Waals surface area contributed by atoms with Gasteiger partial charge in [0.2, 0.25) is 17.6 Å². The molecular formula is C20H20FN5O4. The molecule has 0 fully saturated rings. The van der Waals surface area contributed by atoms with Crippen molar-refractivity contribution in [2.24, 2.45) is 0 Å². The molecule has 0 atom stereocenters. The monoisotopic (exact) mass is 413 g/mol. The molecule has 10 heteroatoms. The van der Waals surface area contributed by atoms with Gasteiger partial charge in [-0.1, -0.05) is 23.7 Å². The van der Waals surface area contributed by atoms with Gasteiger partial charge in [-0.2, -0.15) is 4.98 Å². The predicted molar refractivity (Wildman–Crippen MR) is 106 cm³/mol. The van der Waals surface area contributed by atoms with Crippen LogP contribution in [-0.4, -0.2) is 25.2 Å². The fourth-order valence-corrected chi connectivity index (χ4v) is 3.63. The van der Waals surface area contributed by atoms with Crippen LogP contribution in [0, 0.1) is 12.7 Å². The van der Waals surface area contributed by atoms with Crippen molar-refractivity contribution in [1.82, 2.24) is 19.3 Å². The topological polar surface area (TPSA) is 112 Å². The van der Waals surface area contributed by atoms with Crippen molar-refractivity contribution < 1.29 is 13.7 Å². The molecule has 1 N–H and O–H groups in total. The summed E-state index contributed by atoms with van der Waals surface area (Å²) in [6.45, 7) is 1.47. The number of amides is 1. The number of para-hydroxylation sites is 1. The largest absolute Gasteiger partial charge is 0.339 e. The van der Waals surface area contributed by atoms with Gasteiger partial charge in [0.05, 0.1) is 5.69 Å². The van der Waals surface area contributed by atoms with E-state index in [1.807, 2.05) is 0 Å². The Morgan fingerprint density at radius 2 is 2.03 bits per heavy atom. The maximum atomic E-state index is 13.8. The van der Waals surface area contributed by atoms with Crippen molar-refractivity contribution in [2.75, 3.05) is 5.32 Å². The Morgan fingerprint density at radius 1 is 1.23 bits per heavy atom. The number of nitrogens with zero attached hydrogens (tertiary/aromatic N) is 4. The standard InChI is InChI=1S/C20H20FN5O4/c1-12-22-18(24-30-12)17-15-9-3-2-6-10-25(15)20(29)26(19(17)28)11-16(27)23-14-8-5-4-7-13(14)21/h4-5,7-8H,2-3,6,9-11H2,1H3,(H,23,27). The lowest BCUT2D eigenvalue weighted by molar-refractivity contribution is -0.116. The zero-order valence-corrected chi connectivity index (χ0v) is 16.4. The van der Waals surface area contributed by atoms with Crippen LogP contribution in [0.2, 0.25) is 0 Å². The summed E-state index contributed by atoms with van der Waals surface area (Å²) in [5, 5.41) is 6.25. The zero-order valence-electron chi connectivity index (χ0n) is 16.4. The molecule has 1 amide bonds. The maximum absolute atomic E-state index is 13.8. The van der Waals surface area contributed by atoms with Crippen molar-refractivity contribution in [3.63, 3.8) is 0 Å². The number of hydrogen-bond donors (Lipinski definition) is 1. The molecule has 30 heavy (non-hydrogen) atoms. The average Bonchev–Trinajstić information content (AvgIpc) is 2.99. The minimum atomic E-state index is -0.691. The molecule has 0 radical (unpaired) electrons. The number of anilines is 1. The quantitative estimate of drug-likeness (QED) is 0.699. The van der Waals surface area contributed by atoms with Gasteiger partial charge in [-0.05, 0) is 31.4 Å². The van der Waals surface area contributed by atoms with Crippen LogP contribution in [0.1, 0.15) is 30.8 Å². The lowest BCUT2D eigenvalue weighted by atomic mass is 10.1. The van der Waals surface area contributed by atoms with Crippen LogP contribution in [0.15, 0.2) is 38.4 Å². The number of carbonyl (C=O) groups excluding carboxylic acids is 1. The van der Waals surface area contributed by atoms with Gasteiger partial charge in [0, 0.05) is 19.2 Å². The van der Waals surface area contributed by atoms with Gasteiger partial charge in [0.25, 0.3) is 5.56 Å². The third-order valence-electron chi connectivity index (χ3n) is 5.03. The highest BCUT2D eigenvalue weighted by atomic mass is 19.1. The van der Waals surface area contributed by atoms with E-state index < -0.39 is 29.5 Å². The normalized spacial score (nSPS) is 13.5. The first kappa shape index (κ1) is 19.7. The summed E-state index contributed by atoms with van der Waals surface area (Å²) in [6.07, 6.45) is 3.03. The SMILES string of the molecule is Cc1nc(-c2c3n(c(=O)n(CC(=O)Nc4ccccc4F)c2=O)CCCCC3)no1. The fourth-order valence-electron chi connectivity index (χ4n) is 3.63. The Labute approximate surface area is 170 Å². The molecule has 3 aromatic rings. The van der Waals surface area contributed by atoms with Crippen molar-refractivity contribution in [3.8, 4) is 11.4 Å². The number of carbonyl (C=O) groups is 1. The van der Waals surface area contributed by atoms with Crippen molar-refractivity contribution in [3.05, 3.63) is 62.5 Å². The van der Waals surface area contributed by atoms with E-state index in [4.69, 9.17) is 4.52 Å². The molecule has 0 saturated carbocycles. The maximum Gasteiger partial charge on any atom is 0.331 e. The van der Waals surface area contributed by atoms with Crippen molar-refractivity contribution >= 4 is 11.6 Å². The van der Waals surface area contributed by atoms with E-state index in [0.29, 0.717) is 18.7 Å². The predicted octanol–water partition coefficient (Wildman–Crippen LogP) is 1.87. The van der Waals surface area contributed by atoms with Gasteiger partial charge in [0.15, 0.2) is 0 Å². The molecule has 0 saturated heterocycles. The van der Waals surface area contributed by atoms with E-state index >= 15 is 0 Å². The number of aryl methyl sites for hydroxylation is 1. The molecule has 1 aromatic carbocycles. The van der Waals surface area contributed by atoms with Gasteiger partial charge < -0.3 is 9.84 Å². The minimum Gasteiger partial charge on any atom is -0.339 e. The van der Waals surface area contributed by atoms with E-state index in [1.165, 1.54) is 22.8 Å². The van der Waals surface area contributed by atoms with E-state index in [1.54, 1.807) is 13.0 Å². The molecular weight excluding hydrogens is 393 g/mol. The number of benzene rings is 1. The molecule has 3 heterocycles. The van der Waals surface area contributed by atoms with Gasteiger partial charge in [0.1, 0.15) is 17.9 Å². The Bertz CT molecular complexity index is 1230. The number of hydrogen-bond acceptors (Lipinski definition) is 6. The van der Waals surface area contributed by atoms with Crippen LogP contribution >= 0.6 is 0 Å². The van der Waals surface area contributed by atoms with Crippen molar-refractivity contribution in [1.29, 1.82) is 0 Å². The van der Waals surface area contributed by atoms with Gasteiger partial charge in [-0.15, -0.1) is 0 Å². The molecule has 2 aromatic heterocycles. The Kier molecular flexibility index (Phi) is 5.30. The van der Waals surface area contributed by atoms with Crippen LogP contribution in [-0.2, 0) is 24.3 Å². The lowest BCUT2D eigenvalue weighted by Crippen LogP contribution is -2.44. The first-order valence-electron chi connectivity index (χ1n) is 9.67. The van der Waals surface area contributed by atoms with Crippen LogP contribution in [0.25, 0.3) is 11.4 Å². The Balaban J connectivity index is 1.79. The van der Waals surface area contributed by atoms with E-state index in [9.17, 15) is 18.8 Å². The summed E-state index contributed by atoms with van der Waals surface area (Å²) in [5.74, 6) is -0.929. The summed E-state index contributed by atoms with van der Waals surface area (Å²) in [7, 11) is 0. The molecule has 1 aliphatic heterocycles. The Hall–Kier alpha value is -3.56. The van der Waals surface area contributed by atoms with Crippen LogP contribution in [0.4, 0.5) is 10.1 Å². The van der Waals surface area contributed by atoms with Crippen LogP contribution < -0.4 is 16.6 Å². The average molecular weight is 413 g/mol. The number of fused-ring (bicyclic) bond motifs is 1. The molecule has 0 unspecified atom stereocenters. The summed E-state index contributed by atoms with van der Waals surface area (Å²) >= 11 is 0. The smallest absolute Gasteiger partial charge is 0.331 e.